The van der Waals surface area contributed by atoms with E-state index in [1.807, 2.05) is 19.2 Å². The second kappa shape index (κ2) is 10.5. The zero-order valence-electron chi connectivity index (χ0n) is 10.9. The summed E-state index contributed by atoms with van der Waals surface area (Å²) < 4.78 is 0. The Balaban J connectivity index is 0. The summed E-state index contributed by atoms with van der Waals surface area (Å²) in [7, 11) is 1.94. The number of halogens is 2. The highest BCUT2D eigenvalue weighted by molar-refractivity contribution is 8.13. The molecule has 0 aromatic heterocycles. The third-order valence-electron chi connectivity index (χ3n) is 2.31. The number of nitrogens with two attached hydrogens (primary N) is 1. The summed E-state index contributed by atoms with van der Waals surface area (Å²) in [5, 5.41) is 3.78. The molecule has 0 unspecified atom stereocenters. The van der Waals surface area contributed by atoms with E-state index in [1.165, 1.54) is 11.1 Å². The van der Waals surface area contributed by atoms with Gasteiger partial charge in [-0.3, -0.25) is 0 Å². The van der Waals surface area contributed by atoms with E-state index < -0.39 is 0 Å². The Morgan fingerprint density at radius 1 is 1.39 bits per heavy atom. The lowest BCUT2D eigenvalue weighted by Crippen LogP contribution is -2.08. The van der Waals surface area contributed by atoms with Crippen molar-refractivity contribution in [3.63, 3.8) is 0 Å². The molecule has 0 spiro atoms. The molecule has 0 aliphatic rings. The molecular formula is C12H21Cl2N3S. The van der Waals surface area contributed by atoms with Gasteiger partial charge in [0, 0.05) is 6.54 Å². The van der Waals surface area contributed by atoms with Crippen molar-refractivity contribution < 1.29 is 0 Å². The Morgan fingerprint density at radius 2 is 2.06 bits per heavy atom. The minimum absolute atomic E-state index is 0. The maximum absolute atomic E-state index is 5.81. The molecule has 0 heterocycles. The van der Waals surface area contributed by atoms with Crippen LogP contribution in [0.2, 0.25) is 0 Å². The number of thioether (sulfide) groups is 1. The van der Waals surface area contributed by atoms with Crippen LogP contribution in [0.5, 0.6) is 0 Å². The SMILES string of the molecule is CCSC(N)=Nc1cccc(CNC)c1C.Cl.Cl. The predicted molar refractivity (Wildman–Crippen MR) is 87.9 cm³/mol. The van der Waals surface area contributed by atoms with Crippen molar-refractivity contribution >= 4 is 47.4 Å². The Kier molecular flexibility index (Phi) is 11.6. The second-order valence-corrected chi connectivity index (χ2v) is 4.76. The maximum Gasteiger partial charge on any atom is 0.159 e. The molecule has 1 aromatic rings. The molecule has 0 saturated carbocycles. The molecule has 0 aliphatic heterocycles. The first kappa shape index (κ1) is 19.9. The molecule has 0 aliphatic carbocycles. The van der Waals surface area contributed by atoms with E-state index in [0.29, 0.717) is 5.17 Å². The minimum Gasteiger partial charge on any atom is -0.378 e. The van der Waals surface area contributed by atoms with E-state index in [0.717, 1.165) is 18.0 Å². The summed E-state index contributed by atoms with van der Waals surface area (Å²) in [4.78, 5) is 4.42. The molecule has 0 saturated heterocycles. The number of aliphatic imine (C=N–C) groups is 1. The van der Waals surface area contributed by atoms with Crippen LogP contribution in [0, 0.1) is 6.92 Å². The minimum atomic E-state index is 0. The highest BCUT2D eigenvalue weighted by atomic mass is 35.5. The molecule has 18 heavy (non-hydrogen) atoms. The summed E-state index contributed by atoms with van der Waals surface area (Å²) in [6, 6.07) is 6.12. The van der Waals surface area contributed by atoms with Crippen LogP contribution in [-0.4, -0.2) is 18.0 Å². The van der Waals surface area contributed by atoms with E-state index in [9.17, 15) is 0 Å². The van der Waals surface area contributed by atoms with Crippen molar-refractivity contribution in [3.05, 3.63) is 29.3 Å². The van der Waals surface area contributed by atoms with E-state index in [-0.39, 0.29) is 24.8 Å². The van der Waals surface area contributed by atoms with Gasteiger partial charge < -0.3 is 11.1 Å². The fourth-order valence-corrected chi connectivity index (χ4v) is 1.93. The molecule has 0 amide bonds. The molecule has 1 rings (SSSR count). The van der Waals surface area contributed by atoms with E-state index in [1.54, 1.807) is 11.8 Å². The number of benzene rings is 1. The lowest BCUT2D eigenvalue weighted by Gasteiger charge is -2.08. The van der Waals surface area contributed by atoms with Gasteiger partial charge in [0.05, 0.1) is 5.69 Å². The summed E-state index contributed by atoms with van der Waals surface area (Å²) in [6.45, 7) is 5.00. The number of hydrogen-bond donors (Lipinski definition) is 2. The molecule has 6 heteroatoms. The first-order chi connectivity index (χ1) is 7.69. The monoisotopic (exact) mass is 309 g/mol. The van der Waals surface area contributed by atoms with Crippen LogP contribution in [0.25, 0.3) is 0 Å². The number of nitrogens with zero attached hydrogens (tertiary/aromatic N) is 1. The van der Waals surface area contributed by atoms with Gasteiger partial charge in [-0.2, -0.15) is 0 Å². The smallest absolute Gasteiger partial charge is 0.159 e. The molecule has 0 atom stereocenters. The average molecular weight is 310 g/mol. The summed E-state index contributed by atoms with van der Waals surface area (Å²) in [5.41, 5.74) is 9.22. The van der Waals surface area contributed by atoms with Crippen molar-refractivity contribution in [2.75, 3.05) is 12.8 Å². The molecule has 0 fully saturated rings. The molecule has 104 valence electrons. The van der Waals surface area contributed by atoms with Crippen molar-refractivity contribution in [3.8, 4) is 0 Å². The number of hydrogen-bond acceptors (Lipinski definition) is 3. The zero-order valence-corrected chi connectivity index (χ0v) is 13.3. The largest absolute Gasteiger partial charge is 0.378 e. The molecule has 3 N–H and O–H groups in total. The third-order valence-corrected chi connectivity index (χ3v) is 2.98. The van der Waals surface area contributed by atoms with Gasteiger partial charge in [-0.15, -0.1) is 24.8 Å². The van der Waals surface area contributed by atoms with Crippen molar-refractivity contribution in [1.82, 2.24) is 5.32 Å². The molecule has 0 bridgehead atoms. The van der Waals surface area contributed by atoms with Crippen LogP contribution in [-0.2, 0) is 6.54 Å². The van der Waals surface area contributed by atoms with Crippen LogP contribution in [0.15, 0.2) is 23.2 Å². The van der Waals surface area contributed by atoms with Crippen LogP contribution < -0.4 is 11.1 Å². The van der Waals surface area contributed by atoms with Crippen LogP contribution in [0.3, 0.4) is 0 Å². The lowest BCUT2D eigenvalue weighted by atomic mass is 10.1. The van der Waals surface area contributed by atoms with Gasteiger partial charge in [-0.05, 0) is 36.9 Å². The first-order valence-corrected chi connectivity index (χ1v) is 6.37. The predicted octanol–water partition coefficient (Wildman–Crippen LogP) is 3.26. The van der Waals surface area contributed by atoms with Gasteiger partial charge in [-0.25, -0.2) is 4.99 Å². The maximum atomic E-state index is 5.81. The molecule has 0 radical (unpaired) electrons. The summed E-state index contributed by atoms with van der Waals surface area (Å²) >= 11 is 1.57. The van der Waals surface area contributed by atoms with Gasteiger partial charge in [0.25, 0.3) is 0 Å². The third kappa shape index (κ3) is 5.96. The van der Waals surface area contributed by atoms with Crippen molar-refractivity contribution in [2.45, 2.75) is 20.4 Å². The van der Waals surface area contributed by atoms with Crippen molar-refractivity contribution in [2.24, 2.45) is 10.7 Å². The fourth-order valence-electron chi connectivity index (χ4n) is 1.47. The van der Waals surface area contributed by atoms with Gasteiger partial charge in [0.2, 0.25) is 0 Å². The Bertz CT molecular complexity index is 384. The highest BCUT2D eigenvalue weighted by Gasteiger charge is 2.02. The topological polar surface area (TPSA) is 50.4 Å². The lowest BCUT2D eigenvalue weighted by molar-refractivity contribution is 0.812. The quantitative estimate of drug-likeness (QED) is 0.663. The van der Waals surface area contributed by atoms with Crippen molar-refractivity contribution in [1.29, 1.82) is 0 Å². The standard InChI is InChI=1S/C12H19N3S.2ClH/c1-4-16-12(13)15-11-7-5-6-10(8-14-3)9(11)2;;/h5-7,14H,4,8H2,1-3H3,(H2,13,15);2*1H. The average Bonchev–Trinajstić information content (AvgIpc) is 2.24. The van der Waals surface area contributed by atoms with Crippen LogP contribution in [0.1, 0.15) is 18.1 Å². The van der Waals surface area contributed by atoms with E-state index in [4.69, 9.17) is 5.73 Å². The number of nitrogens with one attached hydrogen (secondary N) is 1. The van der Waals surface area contributed by atoms with Gasteiger partial charge >= 0.3 is 0 Å². The van der Waals surface area contributed by atoms with Gasteiger partial charge in [0.15, 0.2) is 5.17 Å². The number of rotatable bonds is 4. The van der Waals surface area contributed by atoms with E-state index in [2.05, 4.69) is 30.2 Å². The van der Waals surface area contributed by atoms with Crippen LogP contribution in [0.4, 0.5) is 5.69 Å². The number of amidine groups is 1. The highest BCUT2D eigenvalue weighted by Crippen LogP contribution is 2.22. The van der Waals surface area contributed by atoms with Gasteiger partial charge in [-0.1, -0.05) is 30.8 Å². The Labute approximate surface area is 126 Å². The fraction of sp³-hybridized carbons (Fsp3) is 0.417. The molecule has 1 aromatic carbocycles. The van der Waals surface area contributed by atoms with Gasteiger partial charge in [0.1, 0.15) is 0 Å². The Morgan fingerprint density at radius 3 is 2.61 bits per heavy atom. The second-order valence-electron chi connectivity index (χ2n) is 3.47. The summed E-state index contributed by atoms with van der Waals surface area (Å²) in [6.07, 6.45) is 0. The molecule has 3 nitrogen and oxygen atoms in total. The molecular weight excluding hydrogens is 289 g/mol. The van der Waals surface area contributed by atoms with Crippen LogP contribution >= 0.6 is 36.6 Å². The summed E-state index contributed by atoms with van der Waals surface area (Å²) in [5.74, 6) is 0.949. The zero-order chi connectivity index (χ0) is 12.0. The normalized spacial score (nSPS) is 10.5. The first-order valence-electron chi connectivity index (χ1n) is 5.39. The Hall–Kier alpha value is -0.420. The van der Waals surface area contributed by atoms with E-state index >= 15 is 0 Å².